The first-order chi connectivity index (χ1) is 9.05. The maximum Gasteiger partial charge on any atom is 0.231 e. The maximum atomic E-state index is 6.04. The lowest BCUT2D eigenvalue weighted by atomic mass is 10.0. The van der Waals surface area contributed by atoms with Crippen molar-refractivity contribution in [1.82, 2.24) is 15.0 Å². The Balaban J connectivity index is 2.26. The molecular formula is C13H22ClN5. The van der Waals surface area contributed by atoms with Crippen molar-refractivity contribution in [3.8, 4) is 0 Å². The molecule has 2 heterocycles. The Kier molecular flexibility index (Phi) is 4.45. The van der Waals surface area contributed by atoms with Crippen molar-refractivity contribution < 1.29 is 0 Å². The van der Waals surface area contributed by atoms with Crippen LogP contribution in [0.1, 0.15) is 27.7 Å². The van der Waals surface area contributed by atoms with Crippen LogP contribution in [0.25, 0.3) is 0 Å². The van der Waals surface area contributed by atoms with Gasteiger partial charge in [0.2, 0.25) is 17.2 Å². The number of nitrogens with zero attached hydrogens (tertiary/aromatic N) is 5. The SMILES string of the molecule is CCN(CC)c1nc(Cl)nc(N2CC(C)C(C)C2)n1. The average Bonchev–Trinajstić information content (AvgIpc) is 2.71. The van der Waals surface area contributed by atoms with Gasteiger partial charge in [-0.2, -0.15) is 15.0 Å². The molecule has 2 unspecified atom stereocenters. The molecule has 0 bridgehead atoms. The minimum Gasteiger partial charge on any atom is -0.341 e. The van der Waals surface area contributed by atoms with Gasteiger partial charge >= 0.3 is 0 Å². The van der Waals surface area contributed by atoms with Gasteiger partial charge in [0.05, 0.1) is 0 Å². The van der Waals surface area contributed by atoms with E-state index in [2.05, 4.69) is 52.4 Å². The van der Waals surface area contributed by atoms with Crippen molar-refractivity contribution in [1.29, 1.82) is 0 Å². The van der Waals surface area contributed by atoms with E-state index < -0.39 is 0 Å². The number of rotatable bonds is 4. The van der Waals surface area contributed by atoms with Gasteiger partial charge in [-0.1, -0.05) is 13.8 Å². The molecule has 1 aromatic rings. The second kappa shape index (κ2) is 5.90. The van der Waals surface area contributed by atoms with Crippen molar-refractivity contribution in [3.05, 3.63) is 5.28 Å². The van der Waals surface area contributed by atoms with Crippen LogP contribution in [0.15, 0.2) is 0 Å². The summed E-state index contributed by atoms with van der Waals surface area (Å²) in [7, 11) is 0. The molecule has 0 aliphatic carbocycles. The highest BCUT2D eigenvalue weighted by atomic mass is 35.5. The molecule has 6 heteroatoms. The molecule has 0 spiro atoms. The van der Waals surface area contributed by atoms with Crippen LogP contribution < -0.4 is 9.80 Å². The fourth-order valence-corrected chi connectivity index (χ4v) is 2.56. The molecule has 1 aliphatic rings. The van der Waals surface area contributed by atoms with Crippen molar-refractivity contribution in [2.45, 2.75) is 27.7 Å². The third kappa shape index (κ3) is 3.08. The molecule has 0 N–H and O–H groups in total. The summed E-state index contributed by atoms with van der Waals surface area (Å²) >= 11 is 6.04. The summed E-state index contributed by atoms with van der Waals surface area (Å²) in [6.45, 7) is 12.4. The highest BCUT2D eigenvalue weighted by molar-refractivity contribution is 6.28. The van der Waals surface area contributed by atoms with Gasteiger partial charge in [0.25, 0.3) is 0 Å². The molecule has 1 saturated heterocycles. The smallest absolute Gasteiger partial charge is 0.231 e. The minimum absolute atomic E-state index is 0.277. The fraction of sp³-hybridized carbons (Fsp3) is 0.769. The van der Waals surface area contributed by atoms with Crippen LogP contribution in [-0.2, 0) is 0 Å². The Bertz CT molecular complexity index is 425. The third-order valence-corrected chi connectivity index (χ3v) is 4.07. The molecule has 0 radical (unpaired) electrons. The van der Waals surface area contributed by atoms with E-state index in [0.717, 1.165) is 26.2 Å². The van der Waals surface area contributed by atoms with Gasteiger partial charge in [-0.25, -0.2) is 0 Å². The van der Waals surface area contributed by atoms with Gasteiger partial charge in [0, 0.05) is 26.2 Å². The third-order valence-electron chi connectivity index (χ3n) is 3.90. The second-order valence-corrected chi connectivity index (χ2v) is 5.57. The summed E-state index contributed by atoms with van der Waals surface area (Å²) in [6.07, 6.45) is 0. The summed E-state index contributed by atoms with van der Waals surface area (Å²) in [5.74, 6) is 2.70. The van der Waals surface area contributed by atoms with Gasteiger partial charge in [-0.15, -0.1) is 0 Å². The molecule has 0 saturated carbocycles. The standard InChI is InChI=1S/C13H22ClN5/c1-5-18(6-2)12-15-11(14)16-13(17-12)19-7-9(3)10(4)8-19/h9-10H,5-8H2,1-4H3. The fourth-order valence-electron chi connectivity index (χ4n) is 2.41. The van der Waals surface area contributed by atoms with E-state index in [1.54, 1.807) is 0 Å². The molecule has 2 atom stereocenters. The van der Waals surface area contributed by atoms with Gasteiger partial charge in [-0.3, -0.25) is 0 Å². The maximum absolute atomic E-state index is 6.04. The van der Waals surface area contributed by atoms with Crippen LogP contribution >= 0.6 is 11.6 Å². The van der Waals surface area contributed by atoms with E-state index in [1.807, 2.05) is 0 Å². The summed E-state index contributed by atoms with van der Waals surface area (Å²) in [6, 6.07) is 0. The van der Waals surface area contributed by atoms with E-state index >= 15 is 0 Å². The molecule has 0 amide bonds. The van der Waals surface area contributed by atoms with Crippen molar-refractivity contribution in [3.63, 3.8) is 0 Å². The summed E-state index contributed by atoms with van der Waals surface area (Å²) in [4.78, 5) is 17.4. The van der Waals surface area contributed by atoms with Gasteiger partial charge < -0.3 is 9.80 Å². The van der Waals surface area contributed by atoms with Crippen LogP contribution in [0.5, 0.6) is 0 Å². The highest BCUT2D eigenvalue weighted by Crippen LogP contribution is 2.26. The molecule has 19 heavy (non-hydrogen) atoms. The van der Waals surface area contributed by atoms with Crippen LogP contribution in [-0.4, -0.2) is 41.1 Å². The molecule has 0 aromatic carbocycles. The quantitative estimate of drug-likeness (QED) is 0.849. The predicted molar refractivity (Wildman–Crippen MR) is 78.9 cm³/mol. The Morgan fingerprint density at radius 1 is 1.11 bits per heavy atom. The lowest BCUT2D eigenvalue weighted by molar-refractivity contribution is 0.494. The van der Waals surface area contributed by atoms with E-state index in [9.17, 15) is 0 Å². The summed E-state index contributed by atoms with van der Waals surface area (Å²) in [5, 5.41) is 0.277. The van der Waals surface area contributed by atoms with Crippen LogP contribution in [0.3, 0.4) is 0 Å². The monoisotopic (exact) mass is 283 g/mol. The normalized spacial score (nSPS) is 22.9. The minimum atomic E-state index is 0.277. The number of halogens is 1. The van der Waals surface area contributed by atoms with Gasteiger partial charge in [0.1, 0.15) is 0 Å². The van der Waals surface area contributed by atoms with Crippen molar-refractivity contribution >= 4 is 23.5 Å². The Morgan fingerprint density at radius 3 is 2.21 bits per heavy atom. The Labute approximate surface area is 120 Å². The number of hydrogen-bond donors (Lipinski definition) is 0. The topological polar surface area (TPSA) is 45.2 Å². The molecule has 1 aliphatic heterocycles. The predicted octanol–water partition coefficient (Wildman–Crippen LogP) is 2.46. The lowest BCUT2D eigenvalue weighted by Gasteiger charge is -2.21. The first kappa shape index (κ1) is 14.3. The largest absolute Gasteiger partial charge is 0.341 e. The van der Waals surface area contributed by atoms with Crippen LogP contribution in [0.2, 0.25) is 5.28 Å². The zero-order valence-electron chi connectivity index (χ0n) is 12.1. The molecule has 1 aromatic heterocycles. The lowest BCUT2D eigenvalue weighted by Crippen LogP contribution is -2.27. The summed E-state index contributed by atoms with van der Waals surface area (Å²) in [5.41, 5.74) is 0. The van der Waals surface area contributed by atoms with E-state index in [0.29, 0.717) is 23.7 Å². The van der Waals surface area contributed by atoms with Crippen molar-refractivity contribution in [2.24, 2.45) is 11.8 Å². The van der Waals surface area contributed by atoms with Gasteiger partial charge in [-0.05, 0) is 37.3 Å². The first-order valence-corrected chi connectivity index (χ1v) is 7.34. The van der Waals surface area contributed by atoms with Gasteiger partial charge in [0.15, 0.2) is 0 Å². The van der Waals surface area contributed by atoms with Crippen LogP contribution in [0, 0.1) is 11.8 Å². The number of hydrogen-bond acceptors (Lipinski definition) is 5. The van der Waals surface area contributed by atoms with E-state index in [1.165, 1.54) is 0 Å². The highest BCUT2D eigenvalue weighted by Gasteiger charge is 2.28. The molecule has 5 nitrogen and oxygen atoms in total. The Morgan fingerprint density at radius 2 is 1.68 bits per heavy atom. The van der Waals surface area contributed by atoms with Crippen LogP contribution in [0.4, 0.5) is 11.9 Å². The number of aromatic nitrogens is 3. The van der Waals surface area contributed by atoms with E-state index in [4.69, 9.17) is 11.6 Å². The zero-order valence-corrected chi connectivity index (χ0v) is 12.9. The molecule has 2 rings (SSSR count). The number of anilines is 2. The molecule has 106 valence electrons. The average molecular weight is 284 g/mol. The summed E-state index contributed by atoms with van der Waals surface area (Å²) < 4.78 is 0. The molecular weight excluding hydrogens is 262 g/mol. The molecule has 1 fully saturated rings. The second-order valence-electron chi connectivity index (χ2n) is 5.24. The van der Waals surface area contributed by atoms with E-state index in [-0.39, 0.29) is 5.28 Å². The zero-order chi connectivity index (χ0) is 14.0. The van der Waals surface area contributed by atoms with Crippen molar-refractivity contribution in [2.75, 3.05) is 36.0 Å². The Hall–Kier alpha value is -1.10. The first-order valence-electron chi connectivity index (χ1n) is 6.96.